The van der Waals surface area contributed by atoms with Crippen LogP contribution >= 0.6 is 0 Å². The lowest BCUT2D eigenvalue weighted by Gasteiger charge is -2.63. The van der Waals surface area contributed by atoms with E-state index in [0.29, 0.717) is 25.7 Å². The van der Waals surface area contributed by atoms with Crippen molar-refractivity contribution in [1.29, 1.82) is 0 Å². The highest BCUT2D eigenvalue weighted by Gasteiger charge is 2.68. The zero-order chi connectivity index (χ0) is 30.9. The van der Waals surface area contributed by atoms with Crippen LogP contribution in [0.25, 0.3) is 0 Å². The average molecular weight is 605 g/mol. The largest absolute Gasteiger partial charge is 0.458 e. The Kier molecular flexibility index (Phi) is 7.93. The van der Waals surface area contributed by atoms with E-state index in [0.717, 1.165) is 30.4 Å². The quantitative estimate of drug-likeness (QED) is 0.243. The average Bonchev–Trinajstić information content (AvgIpc) is 3.25. The van der Waals surface area contributed by atoms with Crippen LogP contribution in [0.2, 0.25) is 0 Å². The van der Waals surface area contributed by atoms with Gasteiger partial charge in [-0.15, -0.1) is 0 Å². The van der Waals surface area contributed by atoms with E-state index in [1.54, 1.807) is 6.07 Å². The van der Waals surface area contributed by atoms with E-state index in [9.17, 15) is 35.1 Å². The predicted octanol–water partition coefficient (Wildman–Crippen LogP) is 1.53. The van der Waals surface area contributed by atoms with Crippen LogP contribution in [0, 0.1) is 22.7 Å². The Hall–Kier alpha value is -2.12. The maximum absolute atomic E-state index is 12.6. The van der Waals surface area contributed by atoms with E-state index in [-0.39, 0.29) is 23.2 Å². The topological polar surface area (TPSA) is 176 Å². The van der Waals surface area contributed by atoms with Crippen LogP contribution in [-0.2, 0) is 19.0 Å². The van der Waals surface area contributed by atoms with E-state index >= 15 is 0 Å². The monoisotopic (exact) mass is 604 g/mol. The molecule has 1 aliphatic heterocycles. The Bertz CT molecular complexity index is 1290. The minimum absolute atomic E-state index is 0.0300. The van der Waals surface area contributed by atoms with Gasteiger partial charge in [-0.05, 0) is 85.3 Å². The van der Waals surface area contributed by atoms with Gasteiger partial charge in [0, 0.05) is 18.4 Å². The Morgan fingerprint density at radius 3 is 2.47 bits per heavy atom. The van der Waals surface area contributed by atoms with Gasteiger partial charge in [0.25, 0.3) is 0 Å². The molecule has 0 spiro atoms. The normalized spacial score (nSPS) is 47.6. The maximum Gasteiger partial charge on any atom is 0.335 e. The summed E-state index contributed by atoms with van der Waals surface area (Å²) in [5.74, 6) is -0.383. The van der Waals surface area contributed by atoms with Crippen LogP contribution in [0.3, 0.4) is 0 Å². The lowest BCUT2D eigenvalue weighted by molar-refractivity contribution is -0.309. The highest BCUT2D eigenvalue weighted by atomic mass is 16.7. The van der Waals surface area contributed by atoms with Crippen molar-refractivity contribution in [2.75, 3.05) is 6.61 Å². The molecule has 1 aromatic rings. The highest BCUT2D eigenvalue weighted by Crippen LogP contribution is 2.70. The van der Waals surface area contributed by atoms with Crippen LogP contribution < -0.4 is 5.63 Å². The number of ether oxygens (including phenoxy) is 3. The minimum Gasteiger partial charge on any atom is -0.458 e. The van der Waals surface area contributed by atoms with Crippen LogP contribution in [0.4, 0.5) is 0 Å². The minimum atomic E-state index is -1.54. The lowest BCUT2D eigenvalue weighted by atomic mass is 9.44. The first-order valence-electron chi connectivity index (χ1n) is 15.5. The predicted molar refractivity (Wildman–Crippen MR) is 150 cm³/mol. The molecule has 0 bridgehead atoms. The van der Waals surface area contributed by atoms with Crippen molar-refractivity contribution in [3.05, 3.63) is 46.0 Å². The van der Waals surface area contributed by atoms with E-state index in [2.05, 4.69) is 13.8 Å². The fourth-order valence-electron chi connectivity index (χ4n) is 9.55. The smallest absolute Gasteiger partial charge is 0.335 e. The number of hydrogen-bond donors (Lipinski definition) is 5. The van der Waals surface area contributed by atoms with Crippen LogP contribution in [-0.4, -0.2) is 86.6 Å². The molecule has 11 heteroatoms. The fourth-order valence-corrected chi connectivity index (χ4v) is 9.55. The van der Waals surface area contributed by atoms with E-state index in [1.807, 2.05) is 6.08 Å². The first kappa shape index (κ1) is 30.9. The Labute approximate surface area is 250 Å². The molecule has 43 heavy (non-hydrogen) atoms. The lowest BCUT2D eigenvalue weighted by Crippen LogP contribution is -2.63. The second-order valence-corrected chi connectivity index (χ2v) is 13.9. The molecule has 238 valence electrons. The number of aliphatic hydroxyl groups is 5. The van der Waals surface area contributed by atoms with Gasteiger partial charge in [-0.1, -0.05) is 19.9 Å². The van der Waals surface area contributed by atoms with Crippen molar-refractivity contribution in [2.24, 2.45) is 22.7 Å². The number of carbonyl (C=O) groups excluding carboxylic acids is 1. The van der Waals surface area contributed by atoms with Crippen molar-refractivity contribution in [3.63, 3.8) is 0 Å². The summed E-state index contributed by atoms with van der Waals surface area (Å²) in [6.07, 6.45) is 0.212. The van der Waals surface area contributed by atoms with Crippen LogP contribution in [0.5, 0.6) is 0 Å². The molecule has 6 rings (SSSR count). The SMILES string of the molecule is CC(=O)O[C@@H]1C[C@@H]2[C@H](CC[C@]3(C)[C@@H](c4ccc(=O)oc4)CC[C@]23O)[C@@]2(C)CC[C@H](O[C@@H]3O[C@H](CO)[C@@H](O)[C@H](O)[C@H]3O)C=C12. The first-order chi connectivity index (χ1) is 20.3. The first-order valence-corrected chi connectivity index (χ1v) is 15.5. The van der Waals surface area contributed by atoms with Crippen molar-refractivity contribution in [1.82, 2.24) is 0 Å². The maximum atomic E-state index is 12.6. The van der Waals surface area contributed by atoms with Crippen LogP contribution in [0.15, 0.2) is 39.3 Å². The standard InChI is InChI=1S/C32H44O11/c1-16(34)41-23-13-21-20(7-10-31(3)19(8-11-32(21,31)39)17-4-5-25(35)40-15-17)30(2)9-6-18(12-22(23)30)42-29-28(38)27(37)26(36)24(14-33)43-29/h4-5,12,15,18-21,23-24,26-29,33,36-39H,6-11,13-14H2,1-3H3/t18-,19+,20-,21+,23+,24+,26+,27-,28+,29+,30+,31+,32-/m0/s1. The second-order valence-electron chi connectivity index (χ2n) is 13.9. The fraction of sp³-hybridized carbons (Fsp3) is 0.750. The number of aliphatic hydroxyl groups excluding tert-OH is 4. The molecular weight excluding hydrogens is 560 g/mol. The van der Waals surface area contributed by atoms with E-state index in [1.165, 1.54) is 19.3 Å². The van der Waals surface area contributed by atoms with Gasteiger partial charge in [0.1, 0.15) is 30.5 Å². The summed E-state index contributed by atoms with van der Waals surface area (Å²) in [5, 5.41) is 53.1. The van der Waals surface area contributed by atoms with E-state index < -0.39 is 72.1 Å². The summed E-state index contributed by atoms with van der Waals surface area (Å²) < 4.78 is 22.8. The van der Waals surface area contributed by atoms with Gasteiger partial charge in [0.05, 0.1) is 24.6 Å². The number of hydrogen-bond acceptors (Lipinski definition) is 11. The zero-order valence-corrected chi connectivity index (χ0v) is 24.9. The summed E-state index contributed by atoms with van der Waals surface area (Å²) in [7, 11) is 0. The van der Waals surface area contributed by atoms with Crippen molar-refractivity contribution in [2.45, 2.75) is 120 Å². The van der Waals surface area contributed by atoms with Crippen LogP contribution in [0.1, 0.15) is 77.2 Å². The number of rotatable bonds is 5. The summed E-state index contributed by atoms with van der Waals surface area (Å²) in [4.78, 5) is 24.0. The molecule has 0 amide bonds. The molecule has 1 saturated heterocycles. The van der Waals surface area contributed by atoms with Crippen molar-refractivity contribution in [3.8, 4) is 0 Å². The molecule has 0 radical (unpaired) electrons. The van der Waals surface area contributed by atoms with Gasteiger partial charge in [0.2, 0.25) is 0 Å². The molecule has 4 aliphatic carbocycles. The molecular formula is C32H44O11. The number of fused-ring (bicyclic) bond motifs is 5. The summed E-state index contributed by atoms with van der Waals surface area (Å²) in [5.41, 5.74) is -0.394. The molecule has 0 aromatic carbocycles. The zero-order valence-electron chi connectivity index (χ0n) is 24.9. The number of carbonyl (C=O) groups is 1. The van der Waals surface area contributed by atoms with E-state index in [4.69, 9.17) is 18.6 Å². The third-order valence-electron chi connectivity index (χ3n) is 11.8. The molecule has 3 saturated carbocycles. The molecule has 1 aromatic heterocycles. The van der Waals surface area contributed by atoms with Gasteiger partial charge < -0.3 is 44.2 Å². The Morgan fingerprint density at radius 2 is 1.79 bits per heavy atom. The third kappa shape index (κ3) is 4.83. The van der Waals surface area contributed by atoms with Gasteiger partial charge >= 0.3 is 11.6 Å². The highest BCUT2D eigenvalue weighted by molar-refractivity contribution is 5.66. The summed E-state index contributed by atoms with van der Waals surface area (Å²) >= 11 is 0. The Morgan fingerprint density at radius 1 is 1.02 bits per heavy atom. The molecule has 11 nitrogen and oxygen atoms in total. The van der Waals surface area contributed by atoms with Gasteiger partial charge in [-0.25, -0.2) is 4.79 Å². The van der Waals surface area contributed by atoms with Crippen molar-refractivity contribution < 1.29 is 49.0 Å². The molecule has 5 aliphatic rings. The summed E-state index contributed by atoms with van der Waals surface area (Å²) in [6.45, 7) is 5.16. The molecule has 5 N–H and O–H groups in total. The van der Waals surface area contributed by atoms with Gasteiger partial charge in [-0.2, -0.15) is 0 Å². The van der Waals surface area contributed by atoms with Gasteiger partial charge in [-0.3, -0.25) is 4.79 Å². The molecule has 13 atom stereocenters. The summed E-state index contributed by atoms with van der Waals surface area (Å²) in [6, 6.07) is 3.24. The molecule has 0 unspecified atom stereocenters. The molecule has 4 fully saturated rings. The van der Waals surface area contributed by atoms with Crippen molar-refractivity contribution >= 4 is 5.97 Å². The second kappa shape index (κ2) is 11.0. The molecule has 2 heterocycles. The number of esters is 1. The Balaban J connectivity index is 1.29. The van der Waals surface area contributed by atoms with Gasteiger partial charge in [0.15, 0.2) is 6.29 Å². The third-order valence-corrected chi connectivity index (χ3v) is 11.8.